The maximum Gasteiger partial charge on any atom is 0.189 e. The third-order valence-corrected chi connectivity index (χ3v) is 3.35. The monoisotopic (exact) mass is 289 g/mol. The fourth-order valence-electron chi connectivity index (χ4n) is 2.26. The lowest BCUT2D eigenvalue weighted by atomic mass is 10.1. The van der Waals surface area contributed by atoms with Gasteiger partial charge < -0.3 is 19.9 Å². The van der Waals surface area contributed by atoms with Gasteiger partial charge in [-0.15, -0.1) is 0 Å². The number of rotatable bonds is 3. The summed E-state index contributed by atoms with van der Waals surface area (Å²) in [7, 11) is 0. The molecule has 4 nitrogen and oxygen atoms in total. The lowest BCUT2D eigenvalue weighted by molar-refractivity contribution is -0.0175. The molecule has 0 bridgehead atoms. The zero-order valence-electron chi connectivity index (χ0n) is 11.7. The van der Waals surface area contributed by atoms with Crippen LogP contribution in [0.15, 0.2) is 30.3 Å². The zero-order valence-corrected chi connectivity index (χ0v) is 11.7. The Morgan fingerprint density at radius 3 is 2.95 bits per heavy atom. The van der Waals surface area contributed by atoms with Crippen molar-refractivity contribution in [1.29, 1.82) is 0 Å². The molecule has 5 heteroatoms. The van der Waals surface area contributed by atoms with Gasteiger partial charge in [-0.3, -0.25) is 0 Å². The normalized spacial score (nSPS) is 13.4. The molecule has 1 aliphatic heterocycles. The number of fused-ring (bicyclic) bond motifs is 1. The van der Waals surface area contributed by atoms with Crippen LogP contribution in [0.5, 0.6) is 11.5 Å². The van der Waals surface area contributed by atoms with Crippen LogP contribution in [-0.4, -0.2) is 6.79 Å². The van der Waals surface area contributed by atoms with Gasteiger partial charge in [0.15, 0.2) is 6.79 Å². The SMILES string of the molecule is Cc1ccc(OCc2cc(N)cc3c2OCOC3)cc1F. The molecule has 0 spiro atoms. The van der Waals surface area contributed by atoms with Crippen molar-refractivity contribution in [2.45, 2.75) is 20.1 Å². The average molecular weight is 289 g/mol. The van der Waals surface area contributed by atoms with Gasteiger partial charge in [-0.1, -0.05) is 6.07 Å². The molecule has 0 saturated carbocycles. The van der Waals surface area contributed by atoms with Gasteiger partial charge in [0.05, 0.1) is 6.61 Å². The van der Waals surface area contributed by atoms with E-state index >= 15 is 0 Å². The standard InChI is InChI=1S/C16H16FNO3/c1-10-2-3-14(6-15(10)17)20-8-12-5-13(18)4-11-7-19-9-21-16(11)12/h2-6H,7-9,18H2,1H3. The molecular formula is C16H16FNO3. The molecule has 3 rings (SSSR count). The highest BCUT2D eigenvalue weighted by atomic mass is 19.1. The van der Waals surface area contributed by atoms with Gasteiger partial charge in [0.1, 0.15) is 23.9 Å². The van der Waals surface area contributed by atoms with Gasteiger partial charge >= 0.3 is 0 Å². The number of hydrogen-bond donors (Lipinski definition) is 1. The molecule has 0 fully saturated rings. The summed E-state index contributed by atoms with van der Waals surface area (Å²) in [4.78, 5) is 0. The summed E-state index contributed by atoms with van der Waals surface area (Å²) < 4.78 is 29.9. The zero-order chi connectivity index (χ0) is 14.8. The second-order valence-corrected chi connectivity index (χ2v) is 4.98. The molecule has 1 heterocycles. The highest BCUT2D eigenvalue weighted by Gasteiger charge is 2.16. The van der Waals surface area contributed by atoms with Gasteiger partial charge in [0.25, 0.3) is 0 Å². The van der Waals surface area contributed by atoms with Crippen molar-refractivity contribution in [2.75, 3.05) is 12.5 Å². The van der Waals surface area contributed by atoms with E-state index in [1.165, 1.54) is 6.07 Å². The van der Waals surface area contributed by atoms with Crippen LogP contribution >= 0.6 is 0 Å². The Kier molecular flexibility index (Phi) is 3.66. The smallest absolute Gasteiger partial charge is 0.189 e. The number of benzene rings is 2. The predicted molar refractivity (Wildman–Crippen MR) is 76.6 cm³/mol. The first-order valence-corrected chi connectivity index (χ1v) is 6.64. The quantitative estimate of drug-likeness (QED) is 0.882. The molecule has 110 valence electrons. The molecule has 0 atom stereocenters. The van der Waals surface area contributed by atoms with Crippen molar-refractivity contribution in [3.8, 4) is 11.5 Å². The van der Waals surface area contributed by atoms with E-state index in [-0.39, 0.29) is 19.2 Å². The first kappa shape index (κ1) is 13.7. The molecule has 21 heavy (non-hydrogen) atoms. The number of nitrogens with two attached hydrogens (primary N) is 1. The predicted octanol–water partition coefficient (Wildman–Crippen LogP) is 3.16. The minimum Gasteiger partial charge on any atom is -0.489 e. The third kappa shape index (κ3) is 2.92. The first-order chi connectivity index (χ1) is 10.1. The lowest BCUT2D eigenvalue weighted by Gasteiger charge is -2.21. The number of ether oxygens (including phenoxy) is 3. The Balaban J connectivity index is 1.81. The number of halogens is 1. The molecule has 2 N–H and O–H groups in total. The Bertz CT molecular complexity index is 673. The second-order valence-electron chi connectivity index (χ2n) is 4.98. The third-order valence-electron chi connectivity index (χ3n) is 3.35. The molecule has 0 saturated heterocycles. The van der Waals surface area contributed by atoms with E-state index in [1.807, 2.05) is 6.07 Å². The highest BCUT2D eigenvalue weighted by molar-refractivity contribution is 5.53. The molecule has 0 aliphatic carbocycles. The Labute approximate surface area is 122 Å². The molecule has 2 aromatic rings. The van der Waals surface area contributed by atoms with E-state index in [2.05, 4.69) is 0 Å². The maximum atomic E-state index is 13.5. The molecule has 0 radical (unpaired) electrons. The van der Waals surface area contributed by atoms with E-state index in [4.69, 9.17) is 19.9 Å². The highest BCUT2D eigenvalue weighted by Crippen LogP contribution is 2.31. The van der Waals surface area contributed by atoms with Crippen molar-refractivity contribution in [2.24, 2.45) is 0 Å². The maximum absolute atomic E-state index is 13.5. The van der Waals surface area contributed by atoms with Gasteiger partial charge in [-0.2, -0.15) is 0 Å². The van der Waals surface area contributed by atoms with Crippen molar-refractivity contribution in [1.82, 2.24) is 0 Å². The van der Waals surface area contributed by atoms with E-state index in [0.29, 0.717) is 23.6 Å². The number of aryl methyl sites for hydroxylation is 1. The molecule has 0 unspecified atom stereocenters. The van der Waals surface area contributed by atoms with Gasteiger partial charge in [-0.05, 0) is 30.7 Å². The van der Waals surface area contributed by atoms with Crippen LogP contribution in [0, 0.1) is 12.7 Å². The summed E-state index contributed by atoms with van der Waals surface area (Å²) >= 11 is 0. The number of hydrogen-bond acceptors (Lipinski definition) is 4. The summed E-state index contributed by atoms with van der Waals surface area (Å²) in [6.07, 6.45) is 0. The average Bonchev–Trinajstić information content (AvgIpc) is 2.48. The Morgan fingerprint density at radius 2 is 2.14 bits per heavy atom. The van der Waals surface area contributed by atoms with Crippen molar-refractivity contribution < 1.29 is 18.6 Å². The van der Waals surface area contributed by atoms with Crippen molar-refractivity contribution >= 4 is 5.69 Å². The summed E-state index contributed by atoms with van der Waals surface area (Å²) in [5.74, 6) is 0.927. The summed E-state index contributed by atoms with van der Waals surface area (Å²) in [5, 5.41) is 0. The summed E-state index contributed by atoms with van der Waals surface area (Å²) in [5.41, 5.74) is 8.80. The molecule has 1 aliphatic rings. The van der Waals surface area contributed by atoms with Crippen molar-refractivity contribution in [3.63, 3.8) is 0 Å². The van der Waals surface area contributed by atoms with E-state index in [1.54, 1.807) is 25.1 Å². The van der Waals surface area contributed by atoms with E-state index in [9.17, 15) is 4.39 Å². The van der Waals surface area contributed by atoms with Gasteiger partial charge in [0, 0.05) is 22.9 Å². The van der Waals surface area contributed by atoms with Crippen LogP contribution in [0.1, 0.15) is 16.7 Å². The van der Waals surface area contributed by atoms with E-state index in [0.717, 1.165) is 16.9 Å². The van der Waals surface area contributed by atoms with Crippen LogP contribution in [0.4, 0.5) is 10.1 Å². The second kappa shape index (κ2) is 5.61. The summed E-state index contributed by atoms with van der Waals surface area (Å²) in [6, 6.07) is 8.42. The molecule has 0 aromatic heterocycles. The van der Waals surface area contributed by atoms with Crippen LogP contribution in [0.2, 0.25) is 0 Å². The van der Waals surface area contributed by atoms with Crippen LogP contribution in [0.25, 0.3) is 0 Å². The largest absolute Gasteiger partial charge is 0.489 e. The minimum absolute atomic E-state index is 0.211. The fraction of sp³-hybridized carbons (Fsp3) is 0.250. The number of nitrogen functional groups attached to an aromatic ring is 1. The van der Waals surface area contributed by atoms with Gasteiger partial charge in [-0.25, -0.2) is 4.39 Å². The topological polar surface area (TPSA) is 53.7 Å². The minimum atomic E-state index is -0.285. The van der Waals surface area contributed by atoms with Crippen molar-refractivity contribution in [3.05, 3.63) is 52.8 Å². The lowest BCUT2D eigenvalue weighted by Crippen LogP contribution is -2.14. The van der Waals surface area contributed by atoms with Gasteiger partial charge in [0.2, 0.25) is 0 Å². The Morgan fingerprint density at radius 1 is 1.29 bits per heavy atom. The first-order valence-electron chi connectivity index (χ1n) is 6.64. The van der Waals surface area contributed by atoms with Crippen LogP contribution in [-0.2, 0) is 18.0 Å². The van der Waals surface area contributed by atoms with E-state index < -0.39 is 0 Å². The number of anilines is 1. The Hall–Kier alpha value is -2.27. The van der Waals surface area contributed by atoms with Crippen LogP contribution in [0.3, 0.4) is 0 Å². The fourth-order valence-corrected chi connectivity index (χ4v) is 2.26. The molecule has 2 aromatic carbocycles. The summed E-state index contributed by atoms with van der Waals surface area (Å²) in [6.45, 7) is 2.65. The molecular weight excluding hydrogens is 273 g/mol. The van der Waals surface area contributed by atoms with Crippen LogP contribution < -0.4 is 15.2 Å². The molecule has 0 amide bonds.